The van der Waals surface area contributed by atoms with Crippen molar-refractivity contribution in [2.45, 2.75) is 32.2 Å². The van der Waals surface area contributed by atoms with Gasteiger partial charge in [0.05, 0.1) is 12.0 Å². The number of amides is 1. The summed E-state index contributed by atoms with van der Waals surface area (Å²) < 4.78 is 0. The van der Waals surface area contributed by atoms with Crippen molar-refractivity contribution < 1.29 is 14.7 Å². The second-order valence-electron chi connectivity index (χ2n) is 4.62. The summed E-state index contributed by atoms with van der Waals surface area (Å²) in [6.07, 6.45) is 2.14. The topological polar surface area (TPSA) is 93.4 Å². The van der Waals surface area contributed by atoms with Gasteiger partial charge in [0.15, 0.2) is 0 Å². The van der Waals surface area contributed by atoms with Crippen LogP contribution in [-0.2, 0) is 9.59 Å². The molecule has 1 rings (SSSR count). The van der Waals surface area contributed by atoms with E-state index in [1.165, 1.54) is 6.92 Å². The van der Waals surface area contributed by atoms with Gasteiger partial charge in [-0.15, -0.1) is 0 Å². The maximum atomic E-state index is 11.9. The molecule has 1 amide bonds. The highest BCUT2D eigenvalue weighted by molar-refractivity contribution is 5.84. The summed E-state index contributed by atoms with van der Waals surface area (Å²) in [5.41, 5.74) is 0. The molecule has 6 heteroatoms. The predicted octanol–water partition coefficient (Wildman–Crippen LogP) is 0.201. The lowest BCUT2D eigenvalue weighted by Crippen LogP contribution is -2.47. The number of carbonyl (C=O) groups is 2. The van der Waals surface area contributed by atoms with Gasteiger partial charge in [-0.2, -0.15) is 5.26 Å². The second kappa shape index (κ2) is 6.97. The molecule has 1 heterocycles. The summed E-state index contributed by atoms with van der Waals surface area (Å²) in [5, 5.41) is 19.8. The van der Waals surface area contributed by atoms with E-state index in [2.05, 4.69) is 16.3 Å². The van der Waals surface area contributed by atoms with E-state index in [1.807, 2.05) is 0 Å². The number of carbonyl (C=O) groups excluding carboxylic acids is 1. The van der Waals surface area contributed by atoms with E-state index in [-0.39, 0.29) is 11.8 Å². The van der Waals surface area contributed by atoms with Gasteiger partial charge in [-0.05, 0) is 26.3 Å². The number of carboxylic acid groups (broad SMARTS) is 1. The minimum absolute atomic E-state index is 0.167. The third-order valence-corrected chi connectivity index (χ3v) is 3.15. The molecule has 0 aromatic rings. The third kappa shape index (κ3) is 4.34. The zero-order valence-electron chi connectivity index (χ0n) is 10.6. The van der Waals surface area contributed by atoms with Gasteiger partial charge in [-0.25, -0.2) is 0 Å². The number of hydrogen-bond donors (Lipinski definition) is 2. The standard InChI is InChI=1S/C12H19N3O3/c1-9(12(17)18)14-11(16)10-4-2-6-15(8-10)7-3-5-13/h9-10H,2-4,6-8H2,1H3,(H,14,16)(H,17,18). The highest BCUT2D eigenvalue weighted by Crippen LogP contribution is 2.16. The van der Waals surface area contributed by atoms with E-state index in [0.29, 0.717) is 19.5 Å². The first kappa shape index (κ1) is 14.5. The van der Waals surface area contributed by atoms with Gasteiger partial charge in [-0.1, -0.05) is 0 Å². The van der Waals surface area contributed by atoms with Crippen molar-refractivity contribution in [2.24, 2.45) is 5.92 Å². The molecule has 0 aromatic carbocycles. The SMILES string of the molecule is CC(NC(=O)C1CCCN(CCC#N)C1)C(=O)O. The van der Waals surface area contributed by atoms with Gasteiger partial charge < -0.3 is 15.3 Å². The normalized spacial score (nSPS) is 21.9. The highest BCUT2D eigenvalue weighted by atomic mass is 16.4. The minimum Gasteiger partial charge on any atom is -0.480 e. The maximum Gasteiger partial charge on any atom is 0.325 e. The quantitative estimate of drug-likeness (QED) is 0.730. The fourth-order valence-electron chi connectivity index (χ4n) is 2.07. The molecule has 2 unspecified atom stereocenters. The number of nitriles is 1. The van der Waals surface area contributed by atoms with E-state index in [0.717, 1.165) is 19.4 Å². The van der Waals surface area contributed by atoms with Crippen LogP contribution in [0.25, 0.3) is 0 Å². The van der Waals surface area contributed by atoms with Crippen molar-refractivity contribution in [3.05, 3.63) is 0 Å². The molecule has 1 fully saturated rings. The zero-order valence-corrected chi connectivity index (χ0v) is 10.6. The van der Waals surface area contributed by atoms with Gasteiger partial charge in [0, 0.05) is 19.5 Å². The van der Waals surface area contributed by atoms with E-state index in [9.17, 15) is 9.59 Å². The monoisotopic (exact) mass is 253 g/mol. The summed E-state index contributed by atoms with van der Waals surface area (Å²) in [6.45, 7) is 3.64. The van der Waals surface area contributed by atoms with Crippen molar-refractivity contribution in [1.29, 1.82) is 5.26 Å². The Kier molecular flexibility index (Phi) is 5.59. The number of piperidine rings is 1. The Balaban J connectivity index is 2.43. The molecular weight excluding hydrogens is 234 g/mol. The van der Waals surface area contributed by atoms with Gasteiger partial charge >= 0.3 is 5.97 Å². The molecular formula is C12H19N3O3. The molecule has 2 atom stereocenters. The first-order chi connectivity index (χ1) is 8.54. The van der Waals surface area contributed by atoms with Crippen LogP contribution in [0.3, 0.4) is 0 Å². The number of likely N-dealkylation sites (tertiary alicyclic amines) is 1. The first-order valence-corrected chi connectivity index (χ1v) is 6.17. The second-order valence-corrected chi connectivity index (χ2v) is 4.62. The summed E-state index contributed by atoms with van der Waals surface area (Å²) in [4.78, 5) is 24.6. The number of rotatable bonds is 5. The van der Waals surface area contributed by atoms with Crippen LogP contribution in [0.4, 0.5) is 0 Å². The Morgan fingerprint density at radius 2 is 2.33 bits per heavy atom. The van der Waals surface area contributed by atoms with Gasteiger partial charge in [0.2, 0.25) is 5.91 Å². The van der Waals surface area contributed by atoms with Crippen molar-refractivity contribution >= 4 is 11.9 Å². The fraction of sp³-hybridized carbons (Fsp3) is 0.750. The summed E-state index contributed by atoms with van der Waals surface area (Å²) in [6, 6.07) is 1.23. The van der Waals surface area contributed by atoms with Gasteiger partial charge in [0.1, 0.15) is 6.04 Å². The number of aliphatic carboxylic acids is 1. The summed E-state index contributed by atoms with van der Waals surface area (Å²) >= 11 is 0. The van der Waals surface area contributed by atoms with Crippen LogP contribution < -0.4 is 5.32 Å². The smallest absolute Gasteiger partial charge is 0.325 e. The summed E-state index contributed by atoms with van der Waals surface area (Å²) in [5.74, 6) is -1.40. The zero-order chi connectivity index (χ0) is 13.5. The molecule has 1 aliphatic rings. The number of hydrogen-bond acceptors (Lipinski definition) is 4. The molecule has 18 heavy (non-hydrogen) atoms. The molecule has 2 N–H and O–H groups in total. The molecule has 0 radical (unpaired) electrons. The van der Waals surface area contributed by atoms with Crippen molar-refractivity contribution in [1.82, 2.24) is 10.2 Å². The largest absolute Gasteiger partial charge is 0.480 e. The van der Waals surface area contributed by atoms with E-state index in [4.69, 9.17) is 10.4 Å². The lowest BCUT2D eigenvalue weighted by atomic mass is 9.96. The predicted molar refractivity (Wildman–Crippen MR) is 64.6 cm³/mol. The van der Waals surface area contributed by atoms with E-state index < -0.39 is 12.0 Å². The Morgan fingerprint density at radius 1 is 1.61 bits per heavy atom. The van der Waals surface area contributed by atoms with Crippen LogP contribution in [0.5, 0.6) is 0 Å². The number of nitrogens with zero attached hydrogens (tertiary/aromatic N) is 2. The van der Waals surface area contributed by atoms with Crippen LogP contribution in [0.2, 0.25) is 0 Å². The minimum atomic E-state index is -1.03. The van der Waals surface area contributed by atoms with E-state index in [1.54, 1.807) is 0 Å². The van der Waals surface area contributed by atoms with Crippen LogP contribution in [-0.4, -0.2) is 47.6 Å². The Hall–Kier alpha value is -1.61. The Morgan fingerprint density at radius 3 is 2.94 bits per heavy atom. The first-order valence-electron chi connectivity index (χ1n) is 6.17. The van der Waals surface area contributed by atoms with Crippen LogP contribution in [0.15, 0.2) is 0 Å². The molecule has 0 aromatic heterocycles. The fourth-order valence-corrected chi connectivity index (χ4v) is 2.07. The van der Waals surface area contributed by atoms with Crippen LogP contribution in [0.1, 0.15) is 26.2 Å². The lowest BCUT2D eigenvalue weighted by molar-refractivity contribution is -0.142. The molecule has 0 saturated carbocycles. The highest BCUT2D eigenvalue weighted by Gasteiger charge is 2.27. The van der Waals surface area contributed by atoms with Gasteiger partial charge in [-0.3, -0.25) is 9.59 Å². The molecule has 6 nitrogen and oxygen atoms in total. The average Bonchev–Trinajstić information content (AvgIpc) is 2.36. The number of nitrogens with one attached hydrogen (secondary N) is 1. The van der Waals surface area contributed by atoms with Crippen LogP contribution in [0, 0.1) is 17.2 Å². The average molecular weight is 253 g/mol. The van der Waals surface area contributed by atoms with Gasteiger partial charge in [0.25, 0.3) is 0 Å². The molecule has 1 saturated heterocycles. The Bertz CT molecular complexity index is 351. The molecule has 0 spiro atoms. The molecule has 1 aliphatic heterocycles. The molecule has 0 aliphatic carbocycles. The molecule has 0 bridgehead atoms. The van der Waals surface area contributed by atoms with Crippen molar-refractivity contribution in [3.8, 4) is 6.07 Å². The maximum absolute atomic E-state index is 11.9. The lowest BCUT2D eigenvalue weighted by Gasteiger charge is -2.31. The third-order valence-electron chi connectivity index (χ3n) is 3.15. The molecule has 100 valence electrons. The van der Waals surface area contributed by atoms with E-state index >= 15 is 0 Å². The Labute approximate surface area is 107 Å². The van der Waals surface area contributed by atoms with Crippen molar-refractivity contribution in [2.75, 3.05) is 19.6 Å². The van der Waals surface area contributed by atoms with Crippen LogP contribution >= 0.6 is 0 Å². The van der Waals surface area contributed by atoms with Crippen molar-refractivity contribution in [3.63, 3.8) is 0 Å². The summed E-state index contributed by atoms with van der Waals surface area (Å²) in [7, 11) is 0. The number of carboxylic acids is 1.